The van der Waals surface area contributed by atoms with Gasteiger partial charge in [-0.3, -0.25) is 18.8 Å². The lowest BCUT2D eigenvalue weighted by Gasteiger charge is -2.26. The van der Waals surface area contributed by atoms with Crippen LogP contribution in [0.2, 0.25) is 0 Å². The lowest BCUT2D eigenvalue weighted by Crippen LogP contribution is -2.38. The van der Waals surface area contributed by atoms with Crippen LogP contribution in [0.5, 0.6) is 0 Å². The first-order valence-electron chi connectivity index (χ1n) is 15.8. The Morgan fingerprint density at radius 2 is 1.20 bits per heavy atom. The van der Waals surface area contributed by atoms with Crippen LogP contribution >= 0.6 is 0 Å². The molecule has 1 aliphatic carbocycles. The Balaban J connectivity index is 0.000000235. The quantitative estimate of drug-likeness (QED) is 0.185. The molecule has 2 aliphatic rings. The van der Waals surface area contributed by atoms with Gasteiger partial charge < -0.3 is 14.8 Å². The maximum Gasteiger partial charge on any atom is 0.294 e. The smallest absolute Gasteiger partial charge is 0.294 e. The molecule has 2 fully saturated rings. The van der Waals surface area contributed by atoms with Crippen molar-refractivity contribution < 1.29 is 40.9 Å². The predicted octanol–water partition coefficient (Wildman–Crippen LogP) is 5.50. The Morgan fingerprint density at radius 1 is 0.755 bits per heavy atom. The van der Waals surface area contributed by atoms with Gasteiger partial charge in [0, 0.05) is 54.8 Å². The van der Waals surface area contributed by atoms with E-state index in [9.17, 15) is 21.6 Å². The predicted molar refractivity (Wildman–Crippen MR) is 190 cm³/mol. The van der Waals surface area contributed by atoms with E-state index in [0.717, 1.165) is 61.5 Å². The molecule has 6 rings (SSSR count). The molecule has 0 amide bonds. The molecule has 1 saturated heterocycles. The van der Waals surface area contributed by atoms with Gasteiger partial charge in [-0.25, -0.2) is 0 Å². The van der Waals surface area contributed by atoms with E-state index >= 15 is 0 Å². The molecule has 0 atom stereocenters. The summed E-state index contributed by atoms with van der Waals surface area (Å²) in [4.78, 5) is 15.6. The average molecular weight is 717 g/mol. The van der Waals surface area contributed by atoms with Gasteiger partial charge in [-0.15, -0.1) is 0 Å². The largest absolute Gasteiger partial charge is 0.412 e. The first-order chi connectivity index (χ1) is 22.3. The zero-order valence-corrected chi connectivity index (χ0v) is 30.5. The minimum absolute atomic E-state index is 0. The minimum atomic E-state index is -4.02. The number of fused-ring (bicyclic) bond motifs is 1. The molecule has 0 radical (unpaired) electrons. The van der Waals surface area contributed by atoms with Crippen molar-refractivity contribution in [1.29, 1.82) is 0 Å². The van der Waals surface area contributed by atoms with Crippen molar-refractivity contribution in [2.24, 2.45) is 16.7 Å². The van der Waals surface area contributed by atoms with Gasteiger partial charge in [0.25, 0.3) is 20.2 Å². The number of hydrogen-bond acceptors (Lipinski definition) is 7. The van der Waals surface area contributed by atoms with Crippen LogP contribution in [-0.4, -0.2) is 79.5 Å². The molecule has 0 bridgehead atoms. The summed E-state index contributed by atoms with van der Waals surface area (Å²) >= 11 is 0. The van der Waals surface area contributed by atoms with Gasteiger partial charge in [0.15, 0.2) is 5.78 Å². The van der Waals surface area contributed by atoms with Crippen LogP contribution in [0.15, 0.2) is 88.8 Å². The van der Waals surface area contributed by atoms with E-state index in [1.807, 2.05) is 19.9 Å². The Bertz CT molecular complexity index is 1860. The standard InChI is InChI=1S/C22H30N2O2.2C7H8O3S.H2O/c1-21(2)20(22(21,3)4)19(25)17-15-24(18-8-6-5-7-16(17)18)10-9-23-11-13-26-14-12-23;2*1-6-2-4-7(5-3-6)11(8,9)10;/h5-8,15,20H,9-14H2,1-4H3;2*2-5H,1H3,(H,8,9,10);1H2. The zero-order valence-electron chi connectivity index (χ0n) is 28.9. The van der Waals surface area contributed by atoms with Crippen molar-refractivity contribution in [3.63, 3.8) is 0 Å². The van der Waals surface area contributed by atoms with Crippen LogP contribution in [0, 0.1) is 30.6 Å². The topological polar surface area (TPSA) is 175 Å². The molecule has 0 spiro atoms. The fourth-order valence-corrected chi connectivity index (χ4v) is 7.09. The Labute approximate surface area is 289 Å². The van der Waals surface area contributed by atoms with Crippen molar-refractivity contribution in [2.75, 3.05) is 32.8 Å². The van der Waals surface area contributed by atoms with E-state index in [2.05, 4.69) is 61.6 Å². The van der Waals surface area contributed by atoms with Gasteiger partial charge in [-0.2, -0.15) is 16.8 Å². The van der Waals surface area contributed by atoms with Gasteiger partial charge in [0.1, 0.15) is 0 Å². The number of benzene rings is 3. The summed E-state index contributed by atoms with van der Waals surface area (Å²) in [6.07, 6.45) is 2.10. The van der Waals surface area contributed by atoms with Gasteiger partial charge in [-0.05, 0) is 55.0 Å². The lowest BCUT2D eigenvalue weighted by atomic mass is 10.0. The number of nitrogens with zero attached hydrogens (tertiary/aromatic N) is 2. The molecule has 3 aromatic carbocycles. The molecule has 4 aromatic rings. The summed E-state index contributed by atoms with van der Waals surface area (Å²) in [5.74, 6) is 0.412. The maximum atomic E-state index is 13.3. The molecule has 4 N–H and O–H groups in total. The molecule has 2 heterocycles. The number of carbonyl (C=O) groups excluding carboxylic acids is 1. The van der Waals surface area contributed by atoms with E-state index in [1.54, 1.807) is 24.3 Å². The number of aromatic nitrogens is 1. The highest BCUT2D eigenvalue weighted by atomic mass is 32.2. The number of ether oxygens (including phenoxy) is 1. The second-order valence-electron chi connectivity index (χ2n) is 13.5. The van der Waals surface area contributed by atoms with Gasteiger partial charge in [-0.1, -0.05) is 81.3 Å². The molecule has 1 aliphatic heterocycles. The molecular weight excluding hydrogens is 669 g/mol. The molecule has 11 nitrogen and oxygen atoms in total. The van der Waals surface area contributed by atoms with Crippen molar-refractivity contribution in [3.8, 4) is 0 Å². The molecule has 0 unspecified atom stereocenters. The first kappa shape index (κ1) is 40.0. The van der Waals surface area contributed by atoms with E-state index in [-0.39, 0.29) is 32.0 Å². The first-order valence-corrected chi connectivity index (χ1v) is 18.7. The van der Waals surface area contributed by atoms with Crippen LogP contribution in [0.25, 0.3) is 10.9 Å². The third-order valence-electron chi connectivity index (χ3n) is 9.74. The molecule has 13 heteroatoms. The summed E-state index contributed by atoms with van der Waals surface area (Å²) < 4.78 is 66.8. The van der Waals surface area contributed by atoms with Crippen LogP contribution in [-0.2, 0) is 31.5 Å². The van der Waals surface area contributed by atoms with Crippen molar-refractivity contribution in [1.82, 2.24) is 9.47 Å². The molecule has 1 aromatic heterocycles. The highest BCUT2D eigenvalue weighted by Gasteiger charge is 2.68. The number of hydrogen-bond donors (Lipinski definition) is 2. The Morgan fingerprint density at radius 3 is 1.63 bits per heavy atom. The van der Waals surface area contributed by atoms with Crippen LogP contribution in [0.4, 0.5) is 0 Å². The monoisotopic (exact) mass is 716 g/mol. The van der Waals surface area contributed by atoms with Crippen LogP contribution in [0.1, 0.15) is 49.2 Å². The fraction of sp³-hybridized carbons (Fsp3) is 0.417. The highest BCUT2D eigenvalue weighted by molar-refractivity contribution is 7.86. The second-order valence-corrected chi connectivity index (χ2v) is 16.4. The number of aryl methyl sites for hydroxylation is 2. The average Bonchev–Trinajstić information content (AvgIpc) is 3.25. The summed E-state index contributed by atoms with van der Waals surface area (Å²) in [5, 5.41) is 1.10. The maximum absolute atomic E-state index is 13.3. The SMILES string of the molecule is CC1(C)C(C(=O)c2cn(CCN3CCOCC3)c3ccccc23)C1(C)C.Cc1ccc(S(=O)(=O)O)cc1.Cc1ccc(S(=O)(=O)O)cc1.O. The van der Waals surface area contributed by atoms with Crippen molar-refractivity contribution in [3.05, 3.63) is 95.7 Å². The zero-order chi connectivity index (χ0) is 35.5. The number of Topliss-reactive ketones (excluding diaryl/α,β-unsaturated/α-hetero) is 1. The Hall–Kier alpha value is -3.43. The molecular formula is C36H48N2O9S2. The summed E-state index contributed by atoms with van der Waals surface area (Å²) in [6.45, 7) is 18.1. The third-order valence-corrected chi connectivity index (χ3v) is 11.5. The van der Waals surface area contributed by atoms with E-state index in [1.165, 1.54) is 29.8 Å². The van der Waals surface area contributed by atoms with Crippen molar-refractivity contribution in [2.45, 2.75) is 57.9 Å². The molecule has 1 saturated carbocycles. The van der Waals surface area contributed by atoms with E-state index in [4.69, 9.17) is 13.8 Å². The second kappa shape index (κ2) is 15.6. The molecule has 268 valence electrons. The highest BCUT2D eigenvalue weighted by Crippen LogP contribution is 2.69. The fourth-order valence-electron chi connectivity index (χ4n) is 6.13. The van der Waals surface area contributed by atoms with Gasteiger partial charge in [0.2, 0.25) is 0 Å². The van der Waals surface area contributed by atoms with Crippen molar-refractivity contribution >= 4 is 36.9 Å². The van der Waals surface area contributed by atoms with E-state index in [0.29, 0.717) is 5.78 Å². The summed E-state index contributed by atoms with van der Waals surface area (Å²) in [5.41, 5.74) is 4.11. The summed E-state index contributed by atoms with van der Waals surface area (Å²) in [7, 11) is -8.04. The van der Waals surface area contributed by atoms with Gasteiger partial charge in [0.05, 0.1) is 23.0 Å². The number of morpholine rings is 1. The third kappa shape index (κ3) is 9.63. The summed E-state index contributed by atoms with van der Waals surface area (Å²) in [6, 6.07) is 20.3. The lowest BCUT2D eigenvalue weighted by molar-refractivity contribution is 0.0365. The Kier molecular flexibility index (Phi) is 12.8. The van der Waals surface area contributed by atoms with Crippen LogP contribution in [0.3, 0.4) is 0 Å². The van der Waals surface area contributed by atoms with Gasteiger partial charge >= 0.3 is 0 Å². The van der Waals surface area contributed by atoms with Crippen LogP contribution < -0.4 is 0 Å². The molecule has 49 heavy (non-hydrogen) atoms. The number of para-hydroxylation sites is 1. The minimum Gasteiger partial charge on any atom is -0.412 e. The number of carbonyl (C=O) groups is 1. The number of rotatable bonds is 7. The normalized spacial score (nSPS) is 17.1. The number of ketones is 1. The van der Waals surface area contributed by atoms with E-state index < -0.39 is 20.2 Å².